The van der Waals surface area contributed by atoms with Gasteiger partial charge >= 0.3 is 5.69 Å². The van der Waals surface area contributed by atoms with Gasteiger partial charge in [-0.25, -0.2) is 9.79 Å². The van der Waals surface area contributed by atoms with E-state index in [1.807, 2.05) is 0 Å². The molecule has 29 heavy (non-hydrogen) atoms. The summed E-state index contributed by atoms with van der Waals surface area (Å²) >= 11 is 0. The Morgan fingerprint density at radius 2 is 2.03 bits per heavy atom. The summed E-state index contributed by atoms with van der Waals surface area (Å²) in [5.74, 6) is 0.296. The van der Waals surface area contributed by atoms with Gasteiger partial charge in [-0.15, -0.1) is 0 Å². The number of nitrogens with zero attached hydrogens (tertiary/aromatic N) is 6. The molecule has 11 heteroatoms. The maximum atomic E-state index is 11.4. The summed E-state index contributed by atoms with van der Waals surface area (Å²) in [4.78, 5) is 32.5. The molecule has 3 aromatic rings. The molecule has 0 aromatic carbocycles. The Kier molecular flexibility index (Phi) is 4.31. The molecule has 2 aliphatic rings. The Morgan fingerprint density at radius 1 is 1.24 bits per heavy atom. The van der Waals surface area contributed by atoms with Gasteiger partial charge in [0.1, 0.15) is 5.69 Å². The normalized spacial score (nSPS) is 20.0. The topological polar surface area (TPSA) is 140 Å². The van der Waals surface area contributed by atoms with Gasteiger partial charge in [-0.1, -0.05) is 0 Å². The van der Waals surface area contributed by atoms with Crippen molar-refractivity contribution in [2.45, 2.75) is 37.8 Å². The fourth-order valence-electron chi connectivity index (χ4n) is 3.48. The Morgan fingerprint density at radius 3 is 2.72 bits per heavy atom. The van der Waals surface area contributed by atoms with Gasteiger partial charge in [0.05, 0.1) is 12.2 Å². The van der Waals surface area contributed by atoms with Crippen LogP contribution in [0.25, 0.3) is 11.7 Å². The molecular formula is C18H23N9O2. The third-order valence-corrected chi connectivity index (χ3v) is 5.31. The molecule has 0 atom stereocenters. The number of aromatic amines is 2. The zero-order valence-electron chi connectivity index (χ0n) is 16.1. The summed E-state index contributed by atoms with van der Waals surface area (Å²) in [5.41, 5.74) is 0.874. The molecule has 5 rings (SSSR count). The van der Waals surface area contributed by atoms with Crippen LogP contribution in [0.4, 0.5) is 5.95 Å². The molecule has 152 valence electrons. The van der Waals surface area contributed by atoms with E-state index < -0.39 is 5.69 Å². The van der Waals surface area contributed by atoms with Crippen LogP contribution in [-0.2, 0) is 0 Å². The van der Waals surface area contributed by atoms with Crippen LogP contribution in [0.5, 0.6) is 5.88 Å². The third-order valence-electron chi connectivity index (χ3n) is 5.31. The van der Waals surface area contributed by atoms with Gasteiger partial charge in [0.2, 0.25) is 11.8 Å². The van der Waals surface area contributed by atoms with E-state index in [4.69, 9.17) is 0 Å². The van der Waals surface area contributed by atoms with E-state index >= 15 is 0 Å². The number of rotatable bonds is 4. The highest BCUT2D eigenvalue weighted by Gasteiger charge is 2.22. The second-order valence-corrected chi connectivity index (χ2v) is 7.75. The monoisotopic (exact) mass is 397 g/mol. The smallest absolute Gasteiger partial charge is 0.326 e. The predicted octanol–water partition coefficient (Wildman–Crippen LogP) is -1.04. The number of hydrogen-bond donors (Lipinski definition) is 4. The van der Waals surface area contributed by atoms with Crippen LogP contribution < -0.4 is 21.8 Å². The first-order valence-electron chi connectivity index (χ1n) is 9.83. The van der Waals surface area contributed by atoms with Gasteiger partial charge in [-0.2, -0.15) is 19.6 Å². The Bertz CT molecular complexity index is 1210. The number of nitrogens with one attached hydrogen (secondary N) is 3. The number of likely N-dealkylation sites (tertiary alicyclic amines) is 1. The van der Waals surface area contributed by atoms with Gasteiger partial charge in [-0.05, 0) is 51.9 Å². The minimum absolute atomic E-state index is 0.226. The van der Waals surface area contributed by atoms with Crippen molar-refractivity contribution < 1.29 is 5.11 Å². The molecule has 0 bridgehead atoms. The van der Waals surface area contributed by atoms with Gasteiger partial charge in [-0.3, -0.25) is 4.98 Å². The summed E-state index contributed by atoms with van der Waals surface area (Å²) in [6, 6.07) is 0.592. The lowest BCUT2D eigenvalue weighted by atomic mass is 10.1. The van der Waals surface area contributed by atoms with E-state index in [1.165, 1.54) is 0 Å². The van der Waals surface area contributed by atoms with Crippen LogP contribution >= 0.6 is 0 Å². The minimum Gasteiger partial charge on any atom is -0.493 e. The van der Waals surface area contributed by atoms with E-state index in [-0.39, 0.29) is 17.6 Å². The van der Waals surface area contributed by atoms with E-state index in [9.17, 15) is 9.90 Å². The number of hydrogen-bond acceptors (Lipinski definition) is 8. The average molecular weight is 397 g/mol. The van der Waals surface area contributed by atoms with E-state index in [0.717, 1.165) is 38.8 Å². The first kappa shape index (κ1) is 17.9. The number of piperidine rings is 1. The van der Waals surface area contributed by atoms with Gasteiger partial charge in [0.15, 0.2) is 5.65 Å². The standard InChI is InChI=1S/C18H23N9O2/c1-26-6-4-12(5-7-26)20-16-23-14-10(8-13-15(28)24-18(29)22-13)9-19-27(14)17(25-16)21-11-2-3-11/h8-9,11-12,28H,2-7H2,1H3,(H,20,21,25)(H2,22,24,29)/b10-8+. The molecule has 4 heterocycles. The lowest BCUT2D eigenvalue weighted by Gasteiger charge is -2.29. The highest BCUT2D eigenvalue weighted by Crippen LogP contribution is 2.22. The average Bonchev–Trinajstić information content (AvgIpc) is 3.33. The number of imidazole rings is 1. The van der Waals surface area contributed by atoms with Gasteiger partial charge in [0, 0.05) is 11.3 Å². The first-order valence-corrected chi connectivity index (χ1v) is 9.83. The fourth-order valence-corrected chi connectivity index (χ4v) is 3.48. The third kappa shape index (κ3) is 3.73. The van der Waals surface area contributed by atoms with Crippen molar-refractivity contribution in [2.24, 2.45) is 4.99 Å². The lowest BCUT2D eigenvalue weighted by Crippen LogP contribution is -2.37. The van der Waals surface area contributed by atoms with Crippen LogP contribution in [-0.4, -0.2) is 71.8 Å². The van der Waals surface area contributed by atoms with Crippen molar-refractivity contribution in [1.82, 2.24) is 34.4 Å². The Balaban J connectivity index is 1.59. The number of H-pyrrole nitrogens is 2. The van der Waals surface area contributed by atoms with Crippen LogP contribution in [0.2, 0.25) is 0 Å². The van der Waals surface area contributed by atoms with E-state index in [2.05, 4.69) is 47.3 Å². The van der Waals surface area contributed by atoms with E-state index in [1.54, 1.807) is 16.8 Å². The molecule has 4 N–H and O–H groups in total. The van der Waals surface area contributed by atoms with Gasteiger partial charge < -0.3 is 20.3 Å². The molecule has 0 radical (unpaired) electrons. The zero-order chi connectivity index (χ0) is 20.0. The minimum atomic E-state index is -0.478. The summed E-state index contributed by atoms with van der Waals surface area (Å²) in [6.07, 6.45) is 7.42. The summed E-state index contributed by atoms with van der Waals surface area (Å²) < 4.78 is 1.60. The fraction of sp³-hybridized carbons (Fsp3) is 0.500. The highest BCUT2D eigenvalue weighted by atomic mass is 16.3. The first-order chi connectivity index (χ1) is 14.0. The molecular weight excluding hydrogens is 374 g/mol. The van der Waals surface area contributed by atoms with Crippen molar-refractivity contribution in [2.75, 3.05) is 25.5 Å². The van der Waals surface area contributed by atoms with Crippen molar-refractivity contribution in [3.05, 3.63) is 33.2 Å². The molecule has 1 aliphatic heterocycles. The molecule has 2 fully saturated rings. The second-order valence-electron chi connectivity index (χ2n) is 7.75. The lowest BCUT2D eigenvalue weighted by molar-refractivity contribution is 0.263. The molecule has 0 amide bonds. The molecule has 3 aromatic heterocycles. The van der Waals surface area contributed by atoms with Crippen molar-refractivity contribution in [3.8, 4) is 5.88 Å². The maximum absolute atomic E-state index is 11.4. The summed E-state index contributed by atoms with van der Waals surface area (Å²) in [7, 11) is 2.13. The number of aromatic nitrogens is 6. The molecule has 1 saturated heterocycles. The number of anilines is 1. The Hall–Kier alpha value is -3.21. The molecule has 1 aliphatic carbocycles. The molecule has 1 saturated carbocycles. The molecule has 0 spiro atoms. The maximum Gasteiger partial charge on any atom is 0.326 e. The van der Waals surface area contributed by atoms with E-state index in [0.29, 0.717) is 28.5 Å². The second kappa shape index (κ2) is 6.99. The molecule has 11 nitrogen and oxygen atoms in total. The highest BCUT2D eigenvalue weighted by molar-refractivity contribution is 5.57. The van der Waals surface area contributed by atoms with Crippen molar-refractivity contribution in [3.63, 3.8) is 0 Å². The quantitative estimate of drug-likeness (QED) is 0.441. The largest absolute Gasteiger partial charge is 0.493 e. The van der Waals surface area contributed by atoms with Crippen LogP contribution in [0.1, 0.15) is 31.4 Å². The molecule has 0 unspecified atom stereocenters. The van der Waals surface area contributed by atoms with Crippen LogP contribution in [0.15, 0.2) is 16.0 Å². The van der Waals surface area contributed by atoms with Crippen molar-refractivity contribution >= 4 is 17.7 Å². The van der Waals surface area contributed by atoms with Crippen LogP contribution in [0, 0.1) is 0 Å². The number of fused-ring (bicyclic) bond motifs is 1. The zero-order valence-corrected chi connectivity index (χ0v) is 16.1. The summed E-state index contributed by atoms with van der Waals surface area (Å²) in [5, 5.41) is 18.3. The predicted molar refractivity (Wildman–Crippen MR) is 105 cm³/mol. The SMILES string of the molecule is CN1CCC(Nc2nc(=NC3CC3)n3nc/c(=C\c4[nH]c(=O)[nH]c4O)c3n2)CC1. The number of aromatic hydroxyl groups is 1. The van der Waals surface area contributed by atoms with Crippen LogP contribution in [0.3, 0.4) is 0 Å². The van der Waals surface area contributed by atoms with Crippen molar-refractivity contribution in [1.29, 1.82) is 0 Å². The summed E-state index contributed by atoms with van der Waals surface area (Å²) in [6.45, 7) is 2.07. The Labute approximate surface area is 165 Å². The van der Waals surface area contributed by atoms with Gasteiger partial charge in [0.25, 0.3) is 5.62 Å².